The Kier molecular flexibility index (Phi) is 6.89. The number of rotatable bonds is 7. The molecule has 0 saturated heterocycles. The van der Waals surface area contributed by atoms with Crippen LogP contribution in [0, 0.1) is 5.82 Å². The Bertz CT molecular complexity index is 962. The van der Waals surface area contributed by atoms with E-state index >= 15 is 0 Å². The Morgan fingerprint density at radius 2 is 1.61 bits per heavy atom. The van der Waals surface area contributed by atoms with E-state index in [0.29, 0.717) is 38.7 Å². The molecule has 3 rings (SSSR count). The first kappa shape index (κ1) is 20.6. The SMILES string of the molecule is COc1cc(CNc2cc(Cl)cc(Cl)c2)c(Cl)cc1OCc1ccccc1F. The van der Waals surface area contributed by atoms with Crippen molar-refractivity contribution in [2.75, 3.05) is 12.4 Å². The minimum atomic E-state index is -0.325. The Morgan fingerprint density at radius 3 is 2.29 bits per heavy atom. The first-order chi connectivity index (χ1) is 13.5. The maximum Gasteiger partial charge on any atom is 0.163 e. The van der Waals surface area contributed by atoms with Crippen LogP contribution in [-0.4, -0.2) is 7.11 Å². The van der Waals surface area contributed by atoms with E-state index in [0.717, 1.165) is 11.3 Å². The minimum Gasteiger partial charge on any atom is -0.493 e. The van der Waals surface area contributed by atoms with Gasteiger partial charge < -0.3 is 14.8 Å². The lowest BCUT2D eigenvalue weighted by Gasteiger charge is -2.15. The predicted molar refractivity (Wildman–Crippen MR) is 113 cm³/mol. The highest BCUT2D eigenvalue weighted by Gasteiger charge is 2.12. The monoisotopic (exact) mass is 439 g/mol. The predicted octanol–water partition coefficient (Wildman–Crippen LogP) is 6.99. The molecule has 0 spiro atoms. The molecule has 3 aromatic carbocycles. The largest absolute Gasteiger partial charge is 0.493 e. The zero-order chi connectivity index (χ0) is 20.1. The second kappa shape index (κ2) is 9.37. The second-order valence-corrected chi connectivity index (χ2v) is 7.27. The zero-order valence-corrected chi connectivity index (χ0v) is 17.2. The first-order valence-electron chi connectivity index (χ1n) is 8.39. The van der Waals surface area contributed by atoms with Gasteiger partial charge in [0.05, 0.1) is 7.11 Å². The van der Waals surface area contributed by atoms with Crippen molar-refractivity contribution in [3.8, 4) is 11.5 Å². The molecular weight excluding hydrogens is 424 g/mol. The molecule has 0 aliphatic carbocycles. The molecule has 0 aliphatic rings. The van der Waals surface area contributed by atoms with Gasteiger partial charge in [0.15, 0.2) is 11.5 Å². The summed E-state index contributed by atoms with van der Waals surface area (Å²) in [6.07, 6.45) is 0. The van der Waals surface area contributed by atoms with Crippen LogP contribution < -0.4 is 14.8 Å². The number of hydrogen-bond donors (Lipinski definition) is 1. The molecule has 0 radical (unpaired) electrons. The average Bonchev–Trinajstić information content (AvgIpc) is 2.66. The van der Waals surface area contributed by atoms with Gasteiger partial charge in [-0.3, -0.25) is 0 Å². The number of halogens is 4. The van der Waals surface area contributed by atoms with Gasteiger partial charge in [-0.2, -0.15) is 0 Å². The van der Waals surface area contributed by atoms with Gasteiger partial charge in [-0.15, -0.1) is 0 Å². The Morgan fingerprint density at radius 1 is 0.893 bits per heavy atom. The summed E-state index contributed by atoms with van der Waals surface area (Å²) in [5.41, 5.74) is 2.02. The van der Waals surface area contributed by atoms with Gasteiger partial charge in [0.1, 0.15) is 12.4 Å². The lowest BCUT2D eigenvalue weighted by molar-refractivity contribution is 0.279. The van der Waals surface area contributed by atoms with Crippen molar-refractivity contribution < 1.29 is 13.9 Å². The fourth-order valence-corrected chi connectivity index (χ4v) is 3.36. The molecule has 0 atom stereocenters. The fourth-order valence-electron chi connectivity index (χ4n) is 2.61. The van der Waals surface area contributed by atoms with Gasteiger partial charge >= 0.3 is 0 Å². The van der Waals surface area contributed by atoms with Crippen molar-refractivity contribution in [3.05, 3.63) is 86.6 Å². The molecule has 1 N–H and O–H groups in total. The molecule has 0 unspecified atom stereocenters. The van der Waals surface area contributed by atoms with E-state index in [9.17, 15) is 4.39 Å². The highest BCUT2D eigenvalue weighted by atomic mass is 35.5. The third kappa shape index (κ3) is 5.22. The van der Waals surface area contributed by atoms with Crippen LogP contribution in [0.4, 0.5) is 10.1 Å². The van der Waals surface area contributed by atoms with Gasteiger partial charge in [0.25, 0.3) is 0 Å². The van der Waals surface area contributed by atoms with Crippen molar-refractivity contribution in [2.24, 2.45) is 0 Å². The summed E-state index contributed by atoms with van der Waals surface area (Å²) in [5.74, 6) is 0.612. The number of benzene rings is 3. The highest BCUT2D eigenvalue weighted by Crippen LogP contribution is 2.34. The van der Waals surface area contributed by atoms with Gasteiger partial charge in [0, 0.05) is 38.9 Å². The smallest absolute Gasteiger partial charge is 0.163 e. The maximum absolute atomic E-state index is 13.8. The summed E-state index contributed by atoms with van der Waals surface area (Å²) in [6, 6.07) is 15.1. The number of nitrogens with one attached hydrogen (secondary N) is 1. The van der Waals surface area contributed by atoms with E-state index in [1.54, 1.807) is 48.5 Å². The lowest BCUT2D eigenvalue weighted by atomic mass is 10.2. The van der Waals surface area contributed by atoms with E-state index in [1.807, 2.05) is 0 Å². The van der Waals surface area contributed by atoms with Crippen LogP contribution in [0.15, 0.2) is 54.6 Å². The topological polar surface area (TPSA) is 30.5 Å². The molecule has 3 aromatic rings. The molecule has 0 bridgehead atoms. The van der Waals surface area contributed by atoms with Gasteiger partial charge in [-0.1, -0.05) is 53.0 Å². The first-order valence-corrected chi connectivity index (χ1v) is 9.52. The third-order valence-electron chi connectivity index (χ3n) is 4.02. The van der Waals surface area contributed by atoms with Crippen LogP contribution in [0.1, 0.15) is 11.1 Å². The van der Waals surface area contributed by atoms with Crippen LogP contribution in [0.2, 0.25) is 15.1 Å². The third-order valence-corrected chi connectivity index (χ3v) is 4.81. The Labute approximate surface area is 177 Å². The molecule has 3 nitrogen and oxygen atoms in total. The number of anilines is 1. The van der Waals surface area contributed by atoms with Gasteiger partial charge in [-0.05, 0) is 35.9 Å². The van der Waals surface area contributed by atoms with Gasteiger partial charge in [0.2, 0.25) is 0 Å². The van der Waals surface area contributed by atoms with Crippen molar-refractivity contribution in [1.29, 1.82) is 0 Å². The van der Waals surface area contributed by atoms with E-state index < -0.39 is 0 Å². The summed E-state index contributed by atoms with van der Waals surface area (Å²) in [6.45, 7) is 0.497. The molecule has 7 heteroatoms. The van der Waals surface area contributed by atoms with Crippen molar-refractivity contribution in [2.45, 2.75) is 13.2 Å². The molecule has 0 amide bonds. The van der Waals surface area contributed by atoms with Crippen LogP contribution in [-0.2, 0) is 13.2 Å². The van der Waals surface area contributed by atoms with Crippen LogP contribution >= 0.6 is 34.8 Å². The maximum atomic E-state index is 13.8. The quantitative estimate of drug-likeness (QED) is 0.429. The van der Waals surface area contributed by atoms with Crippen molar-refractivity contribution >= 4 is 40.5 Å². The minimum absolute atomic E-state index is 0.0674. The van der Waals surface area contributed by atoms with E-state index in [2.05, 4.69) is 5.32 Å². The summed E-state index contributed by atoms with van der Waals surface area (Å²) in [7, 11) is 1.53. The molecule has 0 fully saturated rings. The standard InChI is InChI=1S/C21H17Cl3FNO2/c1-27-20-6-14(11-26-17-8-15(22)7-16(23)9-17)18(24)10-21(20)28-12-13-4-2-3-5-19(13)25/h2-10,26H,11-12H2,1H3. The Hall–Kier alpha value is -2.14. The molecule has 0 saturated carbocycles. The number of methoxy groups -OCH3 is 1. The summed E-state index contributed by atoms with van der Waals surface area (Å²) in [4.78, 5) is 0. The van der Waals surface area contributed by atoms with Crippen LogP contribution in [0.25, 0.3) is 0 Å². The molecule has 146 valence electrons. The molecular formula is C21H17Cl3FNO2. The summed E-state index contributed by atoms with van der Waals surface area (Å²) < 4.78 is 24.9. The number of ether oxygens (including phenoxy) is 2. The second-order valence-electron chi connectivity index (χ2n) is 5.99. The van der Waals surface area contributed by atoms with E-state index in [1.165, 1.54) is 13.2 Å². The highest BCUT2D eigenvalue weighted by molar-refractivity contribution is 6.35. The van der Waals surface area contributed by atoms with Gasteiger partial charge in [-0.25, -0.2) is 4.39 Å². The molecule has 0 heterocycles. The molecule has 0 aliphatic heterocycles. The number of hydrogen-bond acceptors (Lipinski definition) is 3. The molecule has 28 heavy (non-hydrogen) atoms. The lowest BCUT2D eigenvalue weighted by Crippen LogP contribution is -2.03. The van der Waals surface area contributed by atoms with E-state index in [-0.39, 0.29) is 12.4 Å². The summed E-state index contributed by atoms with van der Waals surface area (Å²) >= 11 is 18.4. The zero-order valence-electron chi connectivity index (χ0n) is 14.9. The van der Waals surface area contributed by atoms with Crippen molar-refractivity contribution in [3.63, 3.8) is 0 Å². The average molecular weight is 441 g/mol. The normalized spacial score (nSPS) is 10.6. The fraction of sp³-hybridized carbons (Fsp3) is 0.143. The van der Waals surface area contributed by atoms with Crippen molar-refractivity contribution in [1.82, 2.24) is 0 Å². The Balaban J connectivity index is 1.74. The van der Waals surface area contributed by atoms with Crippen LogP contribution in [0.3, 0.4) is 0 Å². The van der Waals surface area contributed by atoms with E-state index in [4.69, 9.17) is 44.3 Å². The van der Waals surface area contributed by atoms with Crippen LogP contribution in [0.5, 0.6) is 11.5 Å². The molecule has 0 aromatic heterocycles. The summed E-state index contributed by atoms with van der Waals surface area (Å²) in [5, 5.41) is 4.79.